The molecule has 0 aromatic heterocycles. The van der Waals surface area contributed by atoms with Gasteiger partial charge in [0, 0.05) is 24.3 Å². The lowest BCUT2D eigenvalue weighted by Crippen LogP contribution is -2.37. The third kappa shape index (κ3) is 5.44. The number of nitrogens with zero attached hydrogens (tertiary/aromatic N) is 1. The minimum Gasteiger partial charge on any atom is -0.317 e. The van der Waals surface area contributed by atoms with Crippen molar-refractivity contribution < 1.29 is 4.79 Å². The summed E-state index contributed by atoms with van der Waals surface area (Å²) in [4.78, 5) is 13.4. The number of urea groups is 1. The number of carbonyl (C=O) groups is 1. The normalized spacial score (nSPS) is 10.2. The number of hydrogen-bond donors (Lipinski definition) is 1. The van der Waals surface area contributed by atoms with Gasteiger partial charge in [-0.2, -0.15) is 0 Å². The average molecular weight is 277 g/mol. The first-order valence-electron chi connectivity index (χ1n) is 5.86. The lowest BCUT2D eigenvalue weighted by Gasteiger charge is -2.18. The van der Waals surface area contributed by atoms with Gasteiger partial charge in [0.2, 0.25) is 0 Å². The number of amides is 2. The monoisotopic (exact) mass is 276 g/mol. The molecule has 2 amide bonds. The molecule has 0 saturated heterocycles. The molecule has 100 valence electrons. The van der Waals surface area contributed by atoms with E-state index in [2.05, 4.69) is 18.5 Å². The molecule has 0 bridgehead atoms. The van der Waals surface area contributed by atoms with Crippen molar-refractivity contribution in [1.29, 1.82) is 0 Å². The van der Waals surface area contributed by atoms with E-state index in [1.54, 1.807) is 41.5 Å². The van der Waals surface area contributed by atoms with Crippen LogP contribution in [0.5, 0.6) is 0 Å². The molecule has 19 heavy (non-hydrogen) atoms. The zero-order chi connectivity index (χ0) is 14.1. The zero-order valence-corrected chi connectivity index (χ0v) is 11.4. The zero-order valence-electron chi connectivity index (χ0n) is 10.7. The van der Waals surface area contributed by atoms with Gasteiger partial charge in [-0.3, -0.25) is 0 Å². The molecular formula is C15H17ClN2O. The number of nitrogens with one attached hydrogen (secondary N) is 1. The van der Waals surface area contributed by atoms with Crippen LogP contribution in [0, 0.1) is 0 Å². The van der Waals surface area contributed by atoms with E-state index in [9.17, 15) is 4.79 Å². The third-order valence-electron chi connectivity index (χ3n) is 2.34. The minimum absolute atomic E-state index is 0.190. The summed E-state index contributed by atoms with van der Waals surface area (Å²) >= 11 is 5.79. The predicted molar refractivity (Wildman–Crippen MR) is 81.0 cm³/mol. The largest absolute Gasteiger partial charge is 0.321 e. The Morgan fingerprint density at radius 1 is 1.21 bits per heavy atom. The molecule has 1 N–H and O–H groups in total. The Morgan fingerprint density at radius 2 is 1.79 bits per heavy atom. The molecule has 0 aliphatic heterocycles. The van der Waals surface area contributed by atoms with Gasteiger partial charge in [0.25, 0.3) is 0 Å². The first kappa shape index (κ1) is 15.1. The molecule has 0 aliphatic rings. The molecule has 4 heteroatoms. The van der Waals surface area contributed by atoms with Crippen LogP contribution < -0.4 is 5.32 Å². The van der Waals surface area contributed by atoms with E-state index in [1.807, 2.05) is 12.1 Å². The summed E-state index contributed by atoms with van der Waals surface area (Å²) in [6.07, 6.45) is 6.75. The number of carbonyl (C=O) groups excluding carboxylic acids is 1. The molecule has 0 heterocycles. The number of hydrogen-bond acceptors (Lipinski definition) is 1. The third-order valence-corrected chi connectivity index (χ3v) is 2.59. The topological polar surface area (TPSA) is 32.3 Å². The summed E-state index contributed by atoms with van der Waals surface area (Å²) < 4.78 is 0. The Balaban J connectivity index is 2.54. The fourth-order valence-corrected chi connectivity index (χ4v) is 1.55. The first-order chi connectivity index (χ1) is 9.17. The summed E-state index contributed by atoms with van der Waals surface area (Å²) in [7, 11) is 0. The quantitative estimate of drug-likeness (QED) is 0.790. The molecule has 0 unspecified atom stereocenters. The molecule has 0 fully saturated rings. The smallest absolute Gasteiger partial charge is 0.317 e. The maximum Gasteiger partial charge on any atom is 0.321 e. The highest BCUT2D eigenvalue weighted by Crippen LogP contribution is 2.10. The van der Waals surface area contributed by atoms with Crippen LogP contribution in [0.4, 0.5) is 4.79 Å². The molecule has 0 aliphatic carbocycles. The fraction of sp³-hybridized carbons (Fsp3) is 0.133. The number of rotatable bonds is 6. The van der Waals surface area contributed by atoms with Gasteiger partial charge in [0.15, 0.2) is 0 Å². The van der Waals surface area contributed by atoms with E-state index in [0.29, 0.717) is 18.1 Å². The average Bonchev–Trinajstić information content (AvgIpc) is 2.40. The van der Waals surface area contributed by atoms with Crippen molar-refractivity contribution in [1.82, 2.24) is 10.2 Å². The maximum absolute atomic E-state index is 11.8. The summed E-state index contributed by atoms with van der Waals surface area (Å²) in [5, 5.41) is 3.38. The molecule has 1 aromatic carbocycles. The van der Waals surface area contributed by atoms with Gasteiger partial charge in [0.1, 0.15) is 0 Å². The molecule has 0 spiro atoms. The van der Waals surface area contributed by atoms with Crippen LogP contribution in [0.2, 0.25) is 5.02 Å². The highest BCUT2D eigenvalue weighted by molar-refractivity contribution is 6.30. The van der Waals surface area contributed by atoms with Gasteiger partial charge >= 0.3 is 6.03 Å². The Hall–Kier alpha value is -2.00. The van der Waals surface area contributed by atoms with E-state index in [-0.39, 0.29) is 6.03 Å². The van der Waals surface area contributed by atoms with E-state index in [1.165, 1.54) is 0 Å². The van der Waals surface area contributed by atoms with Crippen LogP contribution in [0.1, 0.15) is 5.56 Å². The highest BCUT2D eigenvalue weighted by atomic mass is 35.5. The molecule has 3 nitrogen and oxygen atoms in total. The van der Waals surface area contributed by atoms with Crippen molar-refractivity contribution in [2.45, 2.75) is 0 Å². The lowest BCUT2D eigenvalue weighted by molar-refractivity contribution is 0.212. The number of benzene rings is 1. The summed E-state index contributed by atoms with van der Waals surface area (Å²) in [6, 6.07) is 7.15. The molecule has 0 radical (unpaired) electrons. The Bertz CT molecular complexity index is 456. The number of halogens is 1. The molecule has 1 aromatic rings. The predicted octanol–water partition coefficient (Wildman–Crippen LogP) is 3.69. The van der Waals surface area contributed by atoms with Gasteiger partial charge < -0.3 is 10.2 Å². The van der Waals surface area contributed by atoms with Gasteiger partial charge in [-0.1, -0.05) is 35.9 Å². The first-order valence-corrected chi connectivity index (χ1v) is 6.24. The van der Waals surface area contributed by atoms with Crippen LogP contribution in [-0.2, 0) is 0 Å². The second-order valence-electron chi connectivity index (χ2n) is 3.82. The molecule has 0 saturated carbocycles. The van der Waals surface area contributed by atoms with Gasteiger partial charge in [0.05, 0.1) is 0 Å². The fourth-order valence-electron chi connectivity index (χ4n) is 1.43. The van der Waals surface area contributed by atoms with E-state index in [4.69, 9.17) is 11.6 Å². The van der Waals surface area contributed by atoms with Crippen molar-refractivity contribution in [2.24, 2.45) is 0 Å². The Morgan fingerprint density at radius 3 is 2.32 bits per heavy atom. The van der Waals surface area contributed by atoms with E-state index in [0.717, 1.165) is 5.56 Å². The second-order valence-corrected chi connectivity index (χ2v) is 4.25. The highest BCUT2D eigenvalue weighted by Gasteiger charge is 2.07. The SMILES string of the molecule is C=CCN(CC=C)C(=O)N/C=C/c1ccc(Cl)cc1. The van der Waals surface area contributed by atoms with E-state index >= 15 is 0 Å². The van der Waals surface area contributed by atoms with Crippen LogP contribution in [0.15, 0.2) is 55.8 Å². The van der Waals surface area contributed by atoms with Gasteiger partial charge in [-0.25, -0.2) is 4.79 Å². The van der Waals surface area contributed by atoms with E-state index < -0.39 is 0 Å². The maximum atomic E-state index is 11.8. The van der Waals surface area contributed by atoms with Crippen LogP contribution in [-0.4, -0.2) is 24.0 Å². The standard InChI is InChI=1S/C15H17ClN2O/c1-3-11-18(12-4-2)15(19)17-10-9-13-5-7-14(16)8-6-13/h3-10H,1-2,11-12H2,(H,17,19)/b10-9+. The Labute approximate surface area is 118 Å². The minimum atomic E-state index is -0.190. The van der Waals surface area contributed by atoms with Gasteiger partial charge in [-0.15, -0.1) is 13.2 Å². The summed E-state index contributed by atoms with van der Waals surface area (Å²) in [6.45, 7) is 8.19. The van der Waals surface area contributed by atoms with Crippen molar-refractivity contribution >= 4 is 23.7 Å². The lowest BCUT2D eigenvalue weighted by atomic mass is 10.2. The Kier molecular flexibility index (Phi) is 6.47. The summed E-state index contributed by atoms with van der Waals surface area (Å²) in [5.74, 6) is 0. The molecule has 1 rings (SSSR count). The van der Waals surface area contributed by atoms with Gasteiger partial charge in [-0.05, 0) is 23.8 Å². The molecule has 0 atom stereocenters. The van der Waals surface area contributed by atoms with Crippen LogP contribution in [0.25, 0.3) is 6.08 Å². The van der Waals surface area contributed by atoms with Crippen molar-refractivity contribution in [3.63, 3.8) is 0 Å². The van der Waals surface area contributed by atoms with Crippen molar-refractivity contribution in [3.8, 4) is 0 Å². The van der Waals surface area contributed by atoms with Crippen LogP contribution >= 0.6 is 11.6 Å². The van der Waals surface area contributed by atoms with Crippen LogP contribution in [0.3, 0.4) is 0 Å². The van der Waals surface area contributed by atoms with Crippen molar-refractivity contribution in [3.05, 3.63) is 66.4 Å². The summed E-state index contributed by atoms with van der Waals surface area (Å²) in [5.41, 5.74) is 0.962. The van der Waals surface area contributed by atoms with Crippen molar-refractivity contribution in [2.75, 3.05) is 13.1 Å². The molecular weight excluding hydrogens is 260 g/mol. The second kappa shape index (κ2) is 8.16.